The average Bonchev–Trinajstić information content (AvgIpc) is 2.52. The molecule has 0 aromatic heterocycles. The molecule has 6 heteroatoms. The number of carbonyl (C=O) groups is 3. The van der Waals surface area contributed by atoms with E-state index in [9.17, 15) is 14.4 Å². The van der Waals surface area contributed by atoms with Crippen LogP contribution in [0.1, 0.15) is 43.4 Å². The van der Waals surface area contributed by atoms with Crippen molar-refractivity contribution in [3.05, 3.63) is 34.9 Å². The van der Waals surface area contributed by atoms with Crippen LogP contribution < -0.4 is 10.6 Å². The van der Waals surface area contributed by atoms with Crippen molar-refractivity contribution in [3.63, 3.8) is 0 Å². The van der Waals surface area contributed by atoms with Crippen molar-refractivity contribution in [3.8, 4) is 0 Å². The van der Waals surface area contributed by atoms with E-state index in [-0.39, 0.29) is 12.5 Å². The summed E-state index contributed by atoms with van der Waals surface area (Å²) in [4.78, 5) is 34.7. The van der Waals surface area contributed by atoms with Gasteiger partial charge in [-0.15, -0.1) is 0 Å². The summed E-state index contributed by atoms with van der Waals surface area (Å²) in [7, 11) is 0. The quantitative estimate of drug-likeness (QED) is 0.807. The molecule has 1 aliphatic rings. The van der Waals surface area contributed by atoms with Crippen molar-refractivity contribution in [2.75, 3.05) is 6.61 Å². The van der Waals surface area contributed by atoms with Crippen LogP contribution >= 0.6 is 0 Å². The number of hydrogen-bond acceptors (Lipinski definition) is 4. The molecule has 2 N–H and O–H groups in total. The lowest BCUT2D eigenvalue weighted by Crippen LogP contribution is -2.44. The molecule has 0 aliphatic heterocycles. The van der Waals surface area contributed by atoms with E-state index in [1.807, 2.05) is 12.1 Å². The van der Waals surface area contributed by atoms with E-state index in [4.69, 9.17) is 4.74 Å². The van der Waals surface area contributed by atoms with Crippen molar-refractivity contribution in [2.24, 2.45) is 0 Å². The molecule has 1 aromatic rings. The molecule has 3 amide bonds. The Morgan fingerprint density at radius 1 is 1.12 bits per heavy atom. The topological polar surface area (TPSA) is 84.5 Å². The van der Waals surface area contributed by atoms with E-state index in [0.29, 0.717) is 0 Å². The number of carbonyl (C=O) groups excluding carboxylic acids is 3. The number of urea groups is 1. The highest BCUT2D eigenvalue weighted by Gasteiger charge is 2.14. The molecule has 0 bridgehead atoms. The number of aryl methyl sites for hydroxylation is 2. The largest absolute Gasteiger partial charge is 0.455 e. The second kappa shape index (κ2) is 8.47. The summed E-state index contributed by atoms with van der Waals surface area (Å²) in [6, 6.07) is 5.37. The molecule has 0 heterocycles. The zero-order chi connectivity index (χ0) is 17.5. The number of fused-ring (bicyclic) bond motifs is 1. The molecule has 0 unspecified atom stereocenters. The van der Waals surface area contributed by atoms with Crippen molar-refractivity contribution in [1.29, 1.82) is 0 Å². The number of amides is 3. The smallest absolute Gasteiger partial charge is 0.321 e. The number of benzene rings is 1. The number of ether oxygens (including phenoxy) is 1. The maximum Gasteiger partial charge on any atom is 0.321 e. The van der Waals surface area contributed by atoms with Gasteiger partial charge in [0.1, 0.15) is 0 Å². The third-order valence-electron chi connectivity index (χ3n) is 3.80. The molecule has 130 valence electrons. The van der Waals surface area contributed by atoms with E-state index < -0.39 is 24.5 Å². The van der Waals surface area contributed by atoms with Crippen LogP contribution in [0.2, 0.25) is 0 Å². The van der Waals surface area contributed by atoms with Gasteiger partial charge in [0.25, 0.3) is 5.91 Å². The van der Waals surface area contributed by atoms with Gasteiger partial charge in [-0.2, -0.15) is 0 Å². The Balaban J connectivity index is 1.77. The summed E-state index contributed by atoms with van der Waals surface area (Å²) in [6.45, 7) is 3.10. The molecule has 0 saturated heterocycles. The fourth-order valence-corrected chi connectivity index (χ4v) is 2.72. The monoisotopic (exact) mass is 332 g/mol. The third-order valence-corrected chi connectivity index (χ3v) is 3.80. The zero-order valence-corrected chi connectivity index (χ0v) is 14.2. The predicted octanol–water partition coefficient (Wildman–Crippen LogP) is 1.89. The fraction of sp³-hybridized carbons (Fsp3) is 0.500. The lowest BCUT2D eigenvalue weighted by Gasteiger charge is -2.16. The molecule has 0 fully saturated rings. The van der Waals surface area contributed by atoms with E-state index in [1.54, 1.807) is 13.8 Å². The van der Waals surface area contributed by atoms with Gasteiger partial charge >= 0.3 is 12.0 Å². The SMILES string of the molecule is CC(C)NC(=O)NC(=O)COC(=O)Cc1ccc2c(c1)CCCC2. The van der Waals surface area contributed by atoms with Crippen LogP contribution in [-0.2, 0) is 33.6 Å². The fourth-order valence-electron chi connectivity index (χ4n) is 2.72. The molecule has 1 aliphatic carbocycles. The van der Waals surface area contributed by atoms with Gasteiger partial charge in [-0.1, -0.05) is 18.2 Å². The minimum absolute atomic E-state index is 0.0793. The first-order valence-corrected chi connectivity index (χ1v) is 8.30. The Bertz CT molecular complexity index is 625. The molecular formula is C18H24N2O4. The highest BCUT2D eigenvalue weighted by molar-refractivity contribution is 5.95. The molecule has 1 aromatic carbocycles. The molecule has 0 spiro atoms. The molecule has 0 saturated carbocycles. The number of nitrogens with one attached hydrogen (secondary N) is 2. The molecule has 24 heavy (non-hydrogen) atoms. The molecule has 0 atom stereocenters. The van der Waals surface area contributed by atoms with Crippen LogP contribution in [0.25, 0.3) is 0 Å². The van der Waals surface area contributed by atoms with Gasteiger partial charge in [0.05, 0.1) is 6.42 Å². The Labute approximate surface area is 142 Å². The lowest BCUT2D eigenvalue weighted by molar-refractivity contribution is -0.147. The second-order valence-electron chi connectivity index (χ2n) is 6.32. The number of imide groups is 1. The van der Waals surface area contributed by atoms with Crippen LogP contribution in [0, 0.1) is 0 Å². The van der Waals surface area contributed by atoms with Crippen LogP contribution in [0.3, 0.4) is 0 Å². The number of hydrogen-bond donors (Lipinski definition) is 2. The molecule has 2 rings (SSSR count). The van der Waals surface area contributed by atoms with Crippen molar-refractivity contribution in [1.82, 2.24) is 10.6 Å². The van der Waals surface area contributed by atoms with E-state index in [2.05, 4.69) is 16.7 Å². The highest BCUT2D eigenvalue weighted by atomic mass is 16.5. The van der Waals surface area contributed by atoms with E-state index >= 15 is 0 Å². The Kier molecular flexibility index (Phi) is 6.35. The number of esters is 1. The predicted molar refractivity (Wildman–Crippen MR) is 89.6 cm³/mol. The second-order valence-corrected chi connectivity index (χ2v) is 6.32. The van der Waals surface area contributed by atoms with Crippen LogP contribution in [0.15, 0.2) is 18.2 Å². The van der Waals surface area contributed by atoms with Gasteiger partial charge in [-0.05, 0) is 56.2 Å². The maximum absolute atomic E-state index is 11.8. The highest BCUT2D eigenvalue weighted by Crippen LogP contribution is 2.22. The lowest BCUT2D eigenvalue weighted by atomic mass is 9.90. The van der Waals surface area contributed by atoms with Crippen molar-refractivity contribution < 1.29 is 19.1 Å². The maximum atomic E-state index is 11.8. The number of rotatable bonds is 5. The third kappa shape index (κ3) is 5.68. The zero-order valence-electron chi connectivity index (χ0n) is 14.2. The van der Waals surface area contributed by atoms with Gasteiger partial charge in [-0.25, -0.2) is 4.79 Å². The normalized spacial score (nSPS) is 13.1. The van der Waals surface area contributed by atoms with Crippen LogP contribution in [-0.4, -0.2) is 30.6 Å². The van der Waals surface area contributed by atoms with Gasteiger partial charge in [-0.3, -0.25) is 14.9 Å². The summed E-state index contributed by atoms with van der Waals surface area (Å²) in [6.07, 6.45) is 4.66. The van der Waals surface area contributed by atoms with Gasteiger partial charge in [0.15, 0.2) is 6.61 Å². The Morgan fingerprint density at radius 3 is 2.54 bits per heavy atom. The molecule has 0 radical (unpaired) electrons. The summed E-state index contributed by atoms with van der Waals surface area (Å²) in [5, 5.41) is 4.62. The Hall–Kier alpha value is -2.37. The summed E-state index contributed by atoms with van der Waals surface area (Å²) < 4.78 is 4.93. The summed E-state index contributed by atoms with van der Waals surface area (Å²) >= 11 is 0. The molecular weight excluding hydrogens is 308 g/mol. The van der Waals surface area contributed by atoms with Crippen molar-refractivity contribution >= 4 is 17.9 Å². The van der Waals surface area contributed by atoms with E-state index in [0.717, 1.165) is 18.4 Å². The van der Waals surface area contributed by atoms with E-state index in [1.165, 1.54) is 24.0 Å². The first-order valence-electron chi connectivity index (χ1n) is 8.30. The van der Waals surface area contributed by atoms with Gasteiger partial charge < -0.3 is 10.1 Å². The summed E-state index contributed by atoms with van der Waals surface area (Å²) in [5.74, 6) is -1.13. The first-order chi connectivity index (χ1) is 11.4. The van der Waals surface area contributed by atoms with Crippen LogP contribution in [0.5, 0.6) is 0 Å². The minimum atomic E-state index is -0.646. The van der Waals surface area contributed by atoms with Crippen molar-refractivity contribution in [2.45, 2.75) is 52.0 Å². The standard InChI is InChI=1S/C18H24N2O4/c1-12(2)19-18(23)20-16(21)11-24-17(22)10-13-7-8-14-5-3-4-6-15(14)9-13/h7-9,12H,3-6,10-11H2,1-2H3,(H2,19,20,21,23). The minimum Gasteiger partial charge on any atom is -0.455 e. The molecule has 6 nitrogen and oxygen atoms in total. The summed E-state index contributed by atoms with van der Waals surface area (Å²) in [5.41, 5.74) is 3.54. The Morgan fingerprint density at radius 2 is 1.83 bits per heavy atom. The first kappa shape index (κ1) is 18.0. The van der Waals surface area contributed by atoms with Gasteiger partial charge in [0.2, 0.25) is 0 Å². The average molecular weight is 332 g/mol. The van der Waals surface area contributed by atoms with Crippen LogP contribution in [0.4, 0.5) is 4.79 Å². The van der Waals surface area contributed by atoms with Gasteiger partial charge in [0, 0.05) is 6.04 Å².